The predicted octanol–water partition coefficient (Wildman–Crippen LogP) is 2.66. The summed E-state index contributed by atoms with van der Waals surface area (Å²) >= 11 is 0. The smallest absolute Gasteiger partial charge is 0.254 e. The number of amides is 1. The van der Waals surface area contributed by atoms with Crippen molar-refractivity contribution in [2.24, 2.45) is 5.92 Å². The molecule has 3 aliphatic rings. The molecule has 4 heterocycles. The third kappa shape index (κ3) is 4.37. The van der Waals surface area contributed by atoms with E-state index in [2.05, 4.69) is 43.3 Å². The highest BCUT2D eigenvalue weighted by atomic mass is 16.6. The second kappa shape index (κ2) is 9.32. The molecular weight excluding hydrogens is 406 g/mol. The number of nitrogens with zero attached hydrogens (tertiary/aromatic N) is 4. The summed E-state index contributed by atoms with van der Waals surface area (Å²) in [6.45, 7) is 5.44. The van der Waals surface area contributed by atoms with E-state index in [0.29, 0.717) is 36.7 Å². The number of likely N-dealkylation sites (tertiary alicyclic amines) is 1. The molecule has 5 rings (SSSR count). The molecule has 170 valence electrons. The molecular formula is C24H31N5O3. The van der Waals surface area contributed by atoms with Gasteiger partial charge in [0.15, 0.2) is 11.5 Å². The first-order valence-electron chi connectivity index (χ1n) is 11.6. The van der Waals surface area contributed by atoms with Crippen LogP contribution < -0.4 is 19.7 Å². The first-order valence-corrected chi connectivity index (χ1v) is 11.6. The number of benzene rings is 1. The number of aromatic nitrogens is 2. The topological polar surface area (TPSA) is 79.8 Å². The van der Waals surface area contributed by atoms with Gasteiger partial charge in [0.25, 0.3) is 5.91 Å². The Bertz CT molecular complexity index is 943. The largest absolute Gasteiger partial charge is 0.486 e. The van der Waals surface area contributed by atoms with E-state index in [0.717, 1.165) is 50.5 Å². The van der Waals surface area contributed by atoms with E-state index in [1.54, 1.807) is 19.4 Å². The number of fused-ring (bicyclic) bond motifs is 1. The van der Waals surface area contributed by atoms with Gasteiger partial charge in [0, 0.05) is 45.1 Å². The van der Waals surface area contributed by atoms with E-state index >= 15 is 0 Å². The number of carbonyl (C=O) groups excluding carboxylic acids is 1. The molecule has 0 spiro atoms. The lowest BCUT2D eigenvalue weighted by Crippen LogP contribution is -2.39. The second-order valence-corrected chi connectivity index (χ2v) is 8.84. The highest BCUT2D eigenvalue weighted by Gasteiger charge is 2.31. The van der Waals surface area contributed by atoms with E-state index in [9.17, 15) is 4.79 Å². The maximum Gasteiger partial charge on any atom is 0.254 e. The van der Waals surface area contributed by atoms with Crippen LogP contribution in [0.3, 0.4) is 0 Å². The molecule has 0 bridgehead atoms. The third-order valence-electron chi connectivity index (χ3n) is 6.83. The minimum absolute atomic E-state index is 0.159. The highest BCUT2D eigenvalue weighted by Crippen LogP contribution is 2.39. The van der Waals surface area contributed by atoms with Crippen molar-refractivity contribution >= 4 is 11.9 Å². The van der Waals surface area contributed by atoms with Crippen LogP contribution in [0.2, 0.25) is 0 Å². The SMILES string of the molecule is CNC(=O)c1cnc(N2CCC(CN3CCC[C@H]3c3ccc4c(c3)OCCO4)CC2)nc1. The van der Waals surface area contributed by atoms with E-state index in [1.807, 2.05) is 0 Å². The number of hydrogen-bond acceptors (Lipinski definition) is 7. The number of hydrogen-bond donors (Lipinski definition) is 1. The summed E-state index contributed by atoms with van der Waals surface area (Å²) in [4.78, 5) is 25.4. The monoisotopic (exact) mass is 437 g/mol. The number of piperidine rings is 1. The molecule has 2 saturated heterocycles. The lowest BCUT2D eigenvalue weighted by molar-refractivity contribution is 0.0962. The van der Waals surface area contributed by atoms with Crippen molar-refractivity contribution in [3.63, 3.8) is 0 Å². The Kier molecular flexibility index (Phi) is 6.12. The molecule has 8 nitrogen and oxygen atoms in total. The molecule has 0 aliphatic carbocycles. The van der Waals surface area contributed by atoms with Gasteiger partial charge in [-0.15, -0.1) is 0 Å². The van der Waals surface area contributed by atoms with E-state index in [4.69, 9.17) is 9.47 Å². The Labute approximate surface area is 188 Å². The average molecular weight is 438 g/mol. The molecule has 0 unspecified atom stereocenters. The summed E-state index contributed by atoms with van der Waals surface area (Å²) in [5.74, 6) is 2.98. The second-order valence-electron chi connectivity index (χ2n) is 8.84. The lowest BCUT2D eigenvalue weighted by Gasteiger charge is -2.35. The van der Waals surface area contributed by atoms with Gasteiger partial charge in [-0.1, -0.05) is 6.07 Å². The molecule has 1 aromatic carbocycles. The van der Waals surface area contributed by atoms with Crippen LogP contribution in [0.25, 0.3) is 0 Å². The molecule has 2 aromatic rings. The van der Waals surface area contributed by atoms with Gasteiger partial charge < -0.3 is 19.7 Å². The minimum Gasteiger partial charge on any atom is -0.486 e. The first-order chi connectivity index (χ1) is 15.7. The Hall–Kier alpha value is -2.87. The van der Waals surface area contributed by atoms with Crippen molar-refractivity contribution < 1.29 is 14.3 Å². The zero-order valence-electron chi connectivity index (χ0n) is 18.6. The zero-order chi connectivity index (χ0) is 21.9. The van der Waals surface area contributed by atoms with Crippen molar-refractivity contribution in [3.05, 3.63) is 41.7 Å². The number of carbonyl (C=O) groups is 1. The molecule has 3 aliphatic heterocycles. The lowest BCUT2D eigenvalue weighted by atomic mass is 9.95. The van der Waals surface area contributed by atoms with Crippen LogP contribution >= 0.6 is 0 Å². The van der Waals surface area contributed by atoms with Gasteiger partial charge in [-0.2, -0.15) is 0 Å². The van der Waals surface area contributed by atoms with Crippen molar-refractivity contribution in [2.75, 3.05) is 51.3 Å². The van der Waals surface area contributed by atoms with Crippen LogP contribution in [0.15, 0.2) is 30.6 Å². The molecule has 1 N–H and O–H groups in total. The number of nitrogens with one attached hydrogen (secondary N) is 1. The van der Waals surface area contributed by atoms with E-state index < -0.39 is 0 Å². The van der Waals surface area contributed by atoms with E-state index in [-0.39, 0.29) is 5.91 Å². The first kappa shape index (κ1) is 21.0. The van der Waals surface area contributed by atoms with Crippen LogP contribution in [0.4, 0.5) is 5.95 Å². The van der Waals surface area contributed by atoms with Gasteiger partial charge in [-0.25, -0.2) is 9.97 Å². The quantitative estimate of drug-likeness (QED) is 0.770. The fourth-order valence-electron chi connectivity index (χ4n) is 5.08. The van der Waals surface area contributed by atoms with Gasteiger partial charge in [0.2, 0.25) is 5.95 Å². The molecule has 2 fully saturated rings. The van der Waals surface area contributed by atoms with Crippen molar-refractivity contribution in [1.29, 1.82) is 0 Å². The van der Waals surface area contributed by atoms with Gasteiger partial charge in [-0.05, 0) is 55.8 Å². The molecule has 1 atom stereocenters. The fraction of sp³-hybridized carbons (Fsp3) is 0.542. The van der Waals surface area contributed by atoms with Crippen LogP contribution in [0, 0.1) is 5.92 Å². The molecule has 0 radical (unpaired) electrons. The highest BCUT2D eigenvalue weighted by molar-refractivity contribution is 5.93. The number of ether oxygens (including phenoxy) is 2. The molecule has 0 saturated carbocycles. The average Bonchev–Trinajstić information content (AvgIpc) is 3.32. The number of anilines is 1. The molecule has 1 amide bonds. The maximum atomic E-state index is 11.7. The van der Waals surface area contributed by atoms with Crippen molar-refractivity contribution in [2.45, 2.75) is 31.7 Å². The number of rotatable bonds is 5. The summed E-state index contributed by atoms with van der Waals surface area (Å²) in [6, 6.07) is 6.91. The van der Waals surface area contributed by atoms with Crippen molar-refractivity contribution in [1.82, 2.24) is 20.2 Å². The third-order valence-corrected chi connectivity index (χ3v) is 6.83. The maximum absolute atomic E-state index is 11.7. The Balaban J connectivity index is 1.17. The van der Waals surface area contributed by atoms with E-state index in [1.165, 1.54) is 18.4 Å². The Morgan fingerprint density at radius 1 is 1.06 bits per heavy atom. The summed E-state index contributed by atoms with van der Waals surface area (Å²) in [5, 5.41) is 2.60. The van der Waals surface area contributed by atoms with Gasteiger partial charge in [0.05, 0.1) is 5.56 Å². The fourth-order valence-corrected chi connectivity index (χ4v) is 5.08. The van der Waals surface area contributed by atoms with Crippen molar-refractivity contribution in [3.8, 4) is 11.5 Å². The summed E-state index contributed by atoms with van der Waals surface area (Å²) in [5.41, 5.74) is 1.83. The van der Waals surface area contributed by atoms with Crippen LogP contribution in [-0.2, 0) is 0 Å². The van der Waals surface area contributed by atoms with Crippen LogP contribution in [0.1, 0.15) is 47.6 Å². The Morgan fingerprint density at radius 3 is 2.56 bits per heavy atom. The summed E-state index contributed by atoms with van der Waals surface area (Å²) in [7, 11) is 1.61. The summed E-state index contributed by atoms with van der Waals surface area (Å²) < 4.78 is 11.5. The zero-order valence-corrected chi connectivity index (χ0v) is 18.6. The van der Waals surface area contributed by atoms with Gasteiger partial charge in [0.1, 0.15) is 13.2 Å². The normalized spacial score (nSPS) is 21.5. The van der Waals surface area contributed by atoms with Gasteiger partial charge >= 0.3 is 0 Å². The molecule has 8 heteroatoms. The van der Waals surface area contributed by atoms with Crippen LogP contribution in [-0.4, -0.2) is 67.2 Å². The molecule has 1 aromatic heterocycles. The minimum atomic E-state index is -0.159. The predicted molar refractivity (Wildman–Crippen MR) is 121 cm³/mol. The Morgan fingerprint density at radius 2 is 1.81 bits per heavy atom. The standard InChI is InChI=1S/C24H31N5O3/c1-25-23(30)19-14-26-24(27-15-19)28-9-6-17(7-10-28)16-29-8-2-3-20(29)18-4-5-21-22(13-18)32-12-11-31-21/h4-5,13-15,17,20H,2-3,6-12,16H2,1H3,(H,25,30)/t20-/m0/s1. The molecule has 32 heavy (non-hydrogen) atoms. The van der Waals surface area contributed by atoms with Gasteiger partial charge in [-0.3, -0.25) is 9.69 Å². The summed E-state index contributed by atoms with van der Waals surface area (Å²) in [6.07, 6.45) is 7.91. The van der Waals surface area contributed by atoms with Crippen LogP contribution in [0.5, 0.6) is 11.5 Å².